The number of anilines is 1. The highest BCUT2D eigenvalue weighted by Gasteiger charge is 2.72. The van der Waals surface area contributed by atoms with Crippen LogP contribution in [0, 0.1) is 35.3 Å². The average Bonchev–Trinajstić information content (AvgIpc) is 3.37. The number of rotatable bonds is 11. The molecule has 0 radical (unpaired) electrons. The maximum atomic E-state index is 15.7. The van der Waals surface area contributed by atoms with Gasteiger partial charge in [-0.2, -0.15) is 45.3 Å². The summed E-state index contributed by atoms with van der Waals surface area (Å²) >= 11 is 7.93. The molecule has 1 saturated carbocycles. The number of benzene rings is 2. The fraction of sp³-hybridized carbons (Fsp3) is 0.400. The Morgan fingerprint density at radius 3 is 2.29 bits per heavy atom. The van der Waals surface area contributed by atoms with Crippen LogP contribution in [0.15, 0.2) is 42.5 Å². The fourth-order valence-electron chi connectivity index (χ4n) is 7.94. The van der Waals surface area contributed by atoms with Gasteiger partial charge in [-0.05, 0) is 74.3 Å². The zero-order chi connectivity index (χ0) is 45.4. The topological polar surface area (TPSA) is 107 Å². The third kappa shape index (κ3) is 8.87. The zero-order valence-corrected chi connectivity index (χ0v) is 35.4. The predicted octanol–water partition coefficient (Wildman–Crippen LogP) is 9.56. The highest BCUT2D eigenvalue weighted by molar-refractivity contribution is 8.00. The van der Waals surface area contributed by atoms with E-state index in [0.29, 0.717) is 15.4 Å². The summed E-state index contributed by atoms with van der Waals surface area (Å²) in [5.41, 5.74) is -3.76. The lowest BCUT2D eigenvalue weighted by Crippen LogP contribution is -2.35. The first-order valence-electron chi connectivity index (χ1n) is 18.6. The SMILES string of the molecule is CSC(C)(C)C#Cc1ccc(-c2ccc(Cl)c3c(NS(C)=O)nn(CC(F)(F)F)c23)c(C(Cc2cc(F)cc(F)c2)NC(=O)Cn2nc(C(F)(F)F)c3c2C(F)(F)C2C(C)C32)n1. The van der Waals surface area contributed by atoms with Gasteiger partial charge in [0.2, 0.25) is 5.91 Å². The van der Waals surface area contributed by atoms with Gasteiger partial charge >= 0.3 is 12.4 Å². The molecule has 2 aromatic carbocycles. The molecule has 7 rings (SSSR count). The average molecular weight is 934 g/mol. The van der Waals surface area contributed by atoms with E-state index in [-0.39, 0.29) is 49.8 Å². The van der Waals surface area contributed by atoms with Crippen molar-refractivity contribution in [3.05, 3.63) is 93.0 Å². The van der Waals surface area contributed by atoms with Crippen LogP contribution in [0.25, 0.3) is 22.0 Å². The molecule has 0 saturated heterocycles. The Kier molecular flexibility index (Phi) is 11.7. The number of thioether (sulfide) groups is 1. The van der Waals surface area contributed by atoms with E-state index in [2.05, 4.69) is 32.1 Å². The second-order valence-corrected chi connectivity index (χ2v) is 18.4. The number of carbonyl (C=O) groups is 1. The number of carbonyl (C=O) groups excluding carboxylic acids is 1. The van der Waals surface area contributed by atoms with Gasteiger partial charge in [-0.15, -0.1) is 11.8 Å². The molecule has 3 heterocycles. The van der Waals surface area contributed by atoms with Crippen molar-refractivity contribution in [1.29, 1.82) is 0 Å². The van der Waals surface area contributed by atoms with Crippen molar-refractivity contribution in [3.8, 4) is 23.0 Å². The van der Waals surface area contributed by atoms with E-state index in [1.165, 1.54) is 49.2 Å². The molecule has 1 amide bonds. The third-order valence-electron chi connectivity index (χ3n) is 10.7. The van der Waals surface area contributed by atoms with Crippen molar-refractivity contribution < 1.29 is 52.9 Å². The maximum Gasteiger partial charge on any atom is 0.435 e. The smallest absolute Gasteiger partial charge is 0.346 e. The van der Waals surface area contributed by atoms with E-state index >= 15 is 8.78 Å². The summed E-state index contributed by atoms with van der Waals surface area (Å²) in [5.74, 6) is -4.65. The summed E-state index contributed by atoms with van der Waals surface area (Å²) in [6, 6.07) is 6.39. The minimum absolute atomic E-state index is 0.00374. The van der Waals surface area contributed by atoms with Crippen molar-refractivity contribution in [1.82, 2.24) is 29.9 Å². The second kappa shape index (κ2) is 16.1. The van der Waals surface area contributed by atoms with Crippen LogP contribution in [0.3, 0.4) is 0 Å². The highest BCUT2D eigenvalue weighted by atomic mass is 35.5. The molecule has 22 heteroatoms. The van der Waals surface area contributed by atoms with Crippen LogP contribution in [0.2, 0.25) is 5.02 Å². The van der Waals surface area contributed by atoms with Gasteiger partial charge in [-0.25, -0.2) is 18.0 Å². The lowest BCUT2D eigenvalue weighted by molar-refractivity contribution is -0.143. The van der Waals surface area contributed by atoms with Gasteiger partial charge in [-0.3, -0.25) is 18.9 Å². The summed E-state index contributed by atoms with van der Waals surface area (Å²) < 4.78 is 161. The molecule has 5 unspecified atom stereocenters. The Morgan fingerprint density at radius 1 is 1.02 bits per heavy atom. The van der Waals surface area contributed by atoms with E-state index in [1.807, 2.05) is 13.8 Å². The maximum absolute atomic E-state index is 15.7. The number of nitrogens with zero attached hydrogens (tertiary/aromatic N) is 5. The predicted molar refractivity (Wildman–Crippen MR) is 214 cm³/mol. The molecule has 62 heavy (non-hydrogen) atoms. The van der Waals surface area contributed by atoms with Crippen molar-refractivity contribution in [3.63, 3.8) is 0 Å². The van der Waals surface area contributed by atoms with E-state index < -0.39 is 112 Å². The number of halogens is 11. The number of hydrogen-bond donors (Lipinski definition) is 2. The van der Waals surface area contributed by atoms with Gasteiger partial charge in [0.15, 0.2) is 11.5 Å². The lowest BCUT2D eigenvalue weighted by Gasteiger charge is -2.23. The third-order valence-corrected chi connectivity index (χ3v) is 12.6. The van der Waals surface area contributed by atoms with Crippen LogP contribution >= 0.6 is 23.4 Å². The minimum Gasteiger partial charge on any atom is -0.346 e. The fourth-order valence-corrected chi connectivity index (χ4v) is 8.75. The normalized spacial score (nSPS) is 19.1. The summed E-state index contributed by atoms with van der Waals surface area (Å²) in [6.07, 6.45) is -7.48. The Bertz CT molecular complexity index is 2680. The van der Waals surface area contributed by atoms with Crippen LogP contribution in [0.4, 0.5) is 49.7 Å². The zero-order valence-electron chi connectivity index (χ0n) is 33.0. The van der Waals surface area contributed by atoms with Gasteiger partial charge in [-0.1, -0.05) is 30.5 Å². The molecule has 1 fully saturated rings. The van der Waals surface area contributed by atoms with Gasteiger partial charge in [0.25, 0.3) is 5.92 Å². The quantitative estimate of drug-likeness (QED) is 0.101. The summed E-state index contributed by atoms with van der Waals surface area (Å²) in [7, 11) is -1.85. The van der Waals surface area contributed by atoms with Gasteiger partial charge in [0.05, 0.1) is 32.4 Å². The molecule has 2 aliphatic rings. The first-order chi connectivity index (χ1) is 28.8. The van der Waals surface area contributed by atoms with E-state index in [1.54, 1.807) is 6.26 Å². The van der Waals surface area contributed by atoms with Crippen molar-refractivity contribution in [2.45, 2.75) is 75.3 Å². The molecule has 2 N–H and O–H groups in total. The number of aromatic nitrogens is 5. The van der Waals surface area contributed by atoms with E-state index in [9.17, 15) is 44.1 Å². The second-order valence-electron chi connectivity index (χ2n) is 15.5. The van der Waals surface area contributed by atoms with E-state index in [0.717, 1.165) is 12.1 Å². The Hall–Kier alpha value is -4.81. The van der Waals surface area contributed by atoms with Gasteiger partial charge in [0, 0.05) is 40.8 Å². The molecule has 2 aliphatic carbocycles. The van der Waals surface area contributed by atoms with Crippen molar-refractivity contribution in [2.75, 3.05) is 17.2 Å². The summed E-state index contributed by atoms with van der Waals surface area (Å²) in [4.78, 5) is 18.7. The number of alkyl halides is 8. The number of hydrogen-bond acceptors (Lipinski definition) is 6. The molecule has 330 valence electrons. The molecule has 0 aliphatic heterocycles. The number of fused-ring (bicyclic) bond motifs is 4. The molecule has 5 atom stereocenters. The Morgan fingerprint density at radius 2 is 1.68 bits per heavy atom. The highest BCUT2D eigenvalue weighted by Crippen LogP contribution is 2.71. The number of amides is 1. The van der Waals surface area contributed by atoms with Crippen LogP contribution in [0.5, 0.6) is 0 Å². The first-order valence-corrected chi connectivity index (χ1v) is 21.7. The van der Waals surface area contributed by atoms with Crippen molar-refractivity contribution >= 4 is 57.0 Å². The van der Waals surface area contributed by atoms with Crippen LogP contribution in [-0.2, 0) is 47.4 Å². The standard InChI is InChI=1S/C40H34ClF10N7O2S2/c1-18-28-30-34(40(49,50)51)54-57(35(30)39(47,48)31(18)28)16-27(59)53-26(14-19-12-20(42)15-21(43)13-19)32-23(7-6-22(52-32)10-11-37(2,3)61-4)24-8-9-25(41)29-33(24)58(17-38(44,45)46)55-36(29)56-62(5)60/h6-9,12-13,15,18,26,28,31H,14,16-17H2,1-5H3,(H,53,59)(H,55,56). The molecule has 0 bridgehead atoms. The molecule has 9 nitrogen and oxygen atoms in total. The van der Waals surface area contributed by atoms with Crippen LogP contribution in [0.1, 0.15) is 66.6 Å². The van der Waals surface area contributed by atoms with Crippen LogP contribution < -0.4 is 10.0 Å². The van der Waals surface area contributed by atoms with Crippen molar-refractivity contribution in [2.24, 2.45) is 11.8 Å². The van der Waals surface area contributed by atoms with E-state index in [4.69, 9.17) is 16.6 Å². The lowest BCUT2D eigenvalue weighted by atomic mass is 9.93. The Balaban J connectivity index is 1.43. The van der Waals surface area contributed by atoms with Gasteiger partial charge < -0.3 is 5.32 Å². The Labute approximate surface area is 358 Å². The molecule has 0 spiro atoms. The largest absolute Gasteiger partial charge is 0.435 e. The number of pyridine rings is 1. The molecule has 3 aromatic heterocycles. The first kappa shape index (κ1) is 45.2. The number of nitrogens with one attached hydrogen (secondary N) is 2. The summed E-state index contributed by atoms with van der Waals surface area (Å²) in [5, 5.41) is 9.86. The van der Waals surface area contributed by atoms with Gasteiger partial charge in [0.1, 0.15) is 47.1 Å². The monoisotopic (exact) mass is 933 g/mol. The van der Waals surface area contributed by atoms with Crippen LogP contribution in [-0.4, -0.2) is 58.1 Å². The molecular weight excluding hydrogens is 900 g/mol. The molecular formula is C40H34ClF10N7O2S2. The minimum atomic E-state index is -5.14. The summed E-state index contributed by atoms with van der Waals surface area (Å²) in [6.45, 7) is 2.19. The molecule has 5 aromatic rings.